The maximum atomic E-state index is 12.2. The van der Waals surface area contributed by atoms with Gasteiger partial charge in [-0.05, 0) is 36.4 Å². The van der Waals surface area contributed by atoms with Crippen molar-refractivity contribution in [2.24, 2.45) is 0 Å². The Hall–Kier alpha value is -2.61. The van der Waals surface area contributed by atoms with Gasteiger partial charge in [0, 0.05) is 24.5 Å². The zero-order valence-electron chi connectivity index (χ0n) is 11.2. The van der Waals surface area contributed by atoms with Gasteiger partial charge < -0.3 is 11.1 Å². The number of carbonyl (C=O) groups excluding carboxylic acids is 1. The molecule has 0 aliphatic carbocycles. The minimum Gasteiger partial charge on any atom is -0.383 e. The third kappa shape index (κ3) is 3.29. The van der Waals surface area contributed by atoms with E-state index in [2.05, 4.69) is 15.0 Å². The molecule has 8 heteroatoms. The van der Waals surface area contributed by atoms with Crippen LogP contribution in [0.15, 0.2) is 47.5 Å². The molecule has 0 radical (unpaired) electrons. The van der Waals surface area contributed by atoms with Gasteiger partial charge in [0.2, 0.25) is 0 Å². The van der Waals surface area contributed by atoms with Crippen molar-refractivity contribution in [3.63, 3.8) is 0 Å². The molecule has 0 bridgehead atoms. The molecule has 1 heterocycles. The van der Waals surface area contributed by atoms with E-state index in [4.69, 9.17) is 5.73 Å². The second-order valence-electron chi connectivity index (χ2n) is 4.15. The van der Waals surface area contributed by atoms with Gasteiger partial charge in [-0.25, -0.2) is 13.4 Å². The third-order valence-corrected chi connectivity index (χ3v) is 4.14. The van der Waals surface area contributed by atoms with Crippen molar-refractivity contribution in [3.05, 3.63) is 48.2 Å². The van der Waals surface area contributed by atoms with Gasteiger partial charge in [0.25, 0.3) is 15.9 Å². The molecule has 0 aliphatic rings. The monoisotopic (exact) mass is 306 g/mol. The van der Waals surface area contributed by atoms with Crippen LogP contribution >= 0.6 is 0 Å². The van der Waals surface area contributed by atoms with Gasteiger partial charge in [-0.3, -0.25) is 9.52 Å². The summed E-state index contributed by atoms with van der Waals surface area (Å²) in [7, 11) is -2.30. The van der Waals surface area contributed by atoms with E-state index in [1.807, 2.05) is 0 Å². The Morgan fingerprint density at radius 2 is 1.86 bits per heavy atom. The standard InChI is InChI=1S/C13H14N4O3S/c1-15-13(18)9-4-6-10(7-5-9)17-21(19,20)11-3-2-8-16-12(11)14/h2-8,17H,1H3,(H2,14,16)(H,15,18). The molecule has 21 heavy (non-hydrogen) atoms. The molecule has 1 amide bonds. The molecule has 0 atom stereocenters. The van der Waals surface area contributed by atoms with E-state index in [-0.39, 0.29) is 16.6 Å². The summed E-state index contributed by atoms with van der Waals surface area (Å²) in [6.07, 6.45) is 1.41. The highest BCUT2D eigenvalue weighted by Crippen LogP contribution is 2.19. The van der Waals surface area contributed by atoms with Crippen molar-refractivity contribution in [2.75, 3.05) is 17.5 Å². The van der Waals surface area contributed by atoms with Crippen molar-refractivity contribution in [1.29, 1.82) is 0 Å². The lowest BCUT2D eigenvalue weighted by Crippen LogP contribution is -2.18. The maximum Gasteiger partial charge on any atom is 0.265 e. The highest BCUT2D eigenvalue weighted by Gasteiger charge is 2.18. The molecule has 1 aromatic carbocycles. The van der Waals surface area contributed by atoms with Crippen LogP contribution in [-0.2, 0) is 10.0 Å². The summed E-state index contributed by atoms with van der Waals surface area (Å²) in [6.45, 7) is 0. The normalized spacial score (nSPS) is 10.9. The minimum atomic E-state index is -3.82. The lowest BCUT2D eigenvalue weighted by molar-refractivity contribution is 0.0963. The highest BCUT2D eigenvalue weighted by molar-refractivity contribution is 7.92. The van der Waals surface area contributed by atoms with Gasteiger partial charge in [-0.15, -0.1) is 0 Å². The molecule has 0 fully saturated rings. The van der Waals surface area contributed by atoms with Gasteiger partial charge in [0.1, 0.15) is 10.7 Å². The van der Waals surface area contributed by atoms with E-state index in [0.29, 0.717) is 11.3 Å². The molecular weight excluding hydrogens is 292 g/mol. The van der Waals surface area contributed by atoms with Crippen LogP contribution in [-0.4, -0.2) is 26.4 Å². The average molecular weight is 306 g/mol. The minimum absolute atomic E-state index is 0.0769. The first-order valence-corrected chi connectivity index (χ1v) is 7.48. The van der Waals surface area contributed by atoms with Gasteiger partial charge in [0.05, 0.1) is 0 Å². The predicted octanol–water partition coefficient (Wildman–Crippen LogP) is 0.824. The first kappa shape index (κ1) is 14.8. The summed E-state index contributed by atoms with van der Waals surface area (Å²) in [5, 5.41) is 2.48. The summed E-state index contributed by atoms with van der Waals surface area (Å²) >= 11 is 0. The molecule has 0 saturated heterocycles. The number of hydrogen-bond acceptors (Lipinski definition) is 5. The molecule has 0 saturated carbocycles. The summed E-state index contributed by atoms with van der Waals surface area (Å²) in [5.41, 5.74) is 6.32. The van der Waals surface area contributed by atoms with Crippen molar-refractivity contribution < 1.29 is 13.2 Å². The second kappa shape index (κ2) is 5.80. The number of hydrogen-bond donors (Lipinski definition) is 3. The number of nitrogen functional groups attached to an aromatic ring is 1. The molecule has 0 aliphatic heterocycles. The predicted molar refractivity (Wildman–Crippen MR) is 79.3 cm³/mol. The third-order valence-electron chi connectivity index (χ3n) is 2.72. The molecule has 2 rings (SSSR count). The molecule has 2 aromatic rings. The topological polar surface area (TPSA) is 114 Å². The van der Waals surface area contributed by atoms with E-state index >= 15 is 0 Å². The van der Waals surface area contributed by atoms with E-state index in [0.717, 1.165) is 0 Å². The number of carbonyl (C=O) groups is 1. The fourth-order valence-electron chi connectivity index (χ4n) is 1.67. The van der Waals surface area contributed by atoms with Gasteiger partial charge in [-0.2, -0.15) is 0 Å². The average Bonchev–Trinajstić information content (AvgIpc) is 2.47. The number of amides is 1. The molecule has 110 valence electrons. The maximum absolute atomic E-state index is 12.2. The quantitative estimate of drug-likeness (QED) is 0.774. The van der Waals surface area contributed by atoms with Crippen LogP contribution in [0.2, 0.25) is 0 Å². The lowest BCUT2D eigenvalue weighted by atomic mass is 10.2. The zero-order valence-corrected chi connectivity index (χ0v) is 12.0. The van der Waals surface area contributed by atoms with Gasteiger partial charge >= 0.3 is 0 Å². The summed E-state index contributed by atoms with van der Waals surface area (Å²) in [6, 6.07) is 8.87. The summed E-state index contributed by atoms with van der Waals surface area (Å²) < 4.78 is 26.8. The highest BCUT2D eigenvalue weighted by atomic mass is 32.2. The smallest absolute Gasteiger partial charge is 0.265 e. The van der Waals surface area contributed by atoms with Crippen LogP contribution in [0.5, 0.6) is 0 Å². The largest absolute Gasteiger partial charge is 0.383 e. The van der Waals surface area contributed by atoms with Crippen molar-refractivity contribution in [1.82, 2.24) is 10.3 Å². The molecule has 0 unspecified atom stereocenters. The number of sulfonamides is 1. The molecule has 1 aromatic heterocycles. The Kier molecular flexibility index (Phi) is 4.08. The number of anilines is 2. The number of benzene rings is 1. The van der Waals surface area contributed by atoms with Crippen molar-refractivity contribution in [3.8, 4) is 0 Å². The number of nitrogens with zero attached hydrogens (tertiary/aromatic N) is 1. The Bertz CT molecular complexity index is 757. The van der Waals surface area contributed by atoms with Gasteiger partial charge in [0.15, 0.2) is 0 Å². The molecular formula is C13H14N4O3S. The van der Waals surface area contributed by atoms with Crippen LogP contribution in [0.1, 0.15) is 10.4 Å². The summed E-state index contributed by atoms with van der Waals surface area (Å²) in [4.78, 5) is 15.0. The zero-order chi connectivity index (χ0) is 15.5. The second-order valence-corrected chi connectivity index (χ2v) is 5.80. The van der Waals surface area contributed by atoms with Crippen LogP contribution in [0, 0.1) is 0 Å². The van der Waals surface area contributed by atoms with Gasteiger partial charge in [-0.1, -0.05) is 0 Å². The Balaban J connectivity index is 2.25. The first-order valence-electron chi connectivity index (χ1n) is 5.99. The number of rotatable bonds is 4. The molecule has 4 N–H and O–H groups in total. The number of pyridine rings is 1. The Morgan fingerprint density at radius 3 is 2.43 bits per heavy atom. The lowest BCUT2D eigenvalue weighted by Gasteiger charge is -2.09. The first-order chi connectivity index (χ1) is 9.94. The van der Waals surface area contributed by atoms with Crippen molar-refractivity contribution in [2.45, 2.75) is 4.90 Å². The molecule has 7 nitrogen and oxygen atoms in total. The van der Waals surface area contributed by atoms with Crippen molar-refractivity contribution >= 4 is 27.4 Å². The fourth-order valence-corrected chi connectivity index (χ4v) is 2.82. The number of nitrogens with two attached hydrogens (primary N) is 1. The van der Waals surface area contributed by atoms with Crippen LogP contribution in [0.3, 0.4) is 0 Å². The van der Waals surface area contributed by atoms with Crippen LogP contribution in [0.4, 0.5) is 11.5 Å². The van der Waals surface area contributed by atoms with E-state index in [9.17, 15) is 13.2 Å². The van der Waals surface area contributed by atoms with E-state index < -0.39 is 10.0 Å². The Morgan fingerprint density at radius 1 is 1.19 bits per heavy atom. The summed E-state index contributed by atoms with van der Waals surface area (Å²) in [5.74, 6) is -0.326. The molecule has 0 spiro atoms. The Labute approximate surface area is 122 Å². The van der Waals surface area contributed by atoms with Crippen LogP contribution < -0.4 is 15.8 Å². The number of nitrogens with one attached hydrogen (secondary N) is 2. The van der Waals surface area contributed by atoms with E-state index in [1.54, 1.807) is 0 Å². The van der Waals surface area contributed by atoms with E-state index in [1.165, 1.54) is 49.6 Å². The fraction of sp³-hybridized carbons (Fsp3) is 0.0769. The SMILES string of the molecule is CNC(=O)c1ccc(NS(=O)(=O)c2cccnc2N)cc1. The van der Waals surface area contributed by atoms with Crippen LogP contribution in [0.25, 0.3) is 0 Å². The number of aromatic nitrogens is 1.